The summed E-state index contributed by atoms with van der Waals surface area (Å²) in [6, 6.07) is 9.01. The number of benzene rings is 1. The van der Waals surface area contributed by atoms with Gasteiger partial charge in [-0.2, -0.15) is 0 Å². The number of aryl methyl sites for hydroxylation is 1. The first-order chi connectivity index (χ1) is 8.33. The van der Waals surface area contributed by atoms with Crippen LogP contribution in [0.15, 0.2) is 39.5 Å². The highest BCUT2D eigenvalue weighted by Crippen LogP contribution is 2.35. The smallest absolute Gasteiger partial charge is 0.423 e. The Hall–Kier alpha value is -1.53. The highest BCUT2D eigenvalue weighted by Gasteiger charge is 2.12. The van der Waals surface area contributed by atoms with Crippen LogP contribution in [-0.4, -0.2) is 9.79 Å². The van der Waals surface area contributed by atoms with Gasteiger partial charge in [-0.3, -0.25) is 0 Å². The van der Waals surface area contributed by atoms with Crippen LogP contribution in [0.1, 0.15) is 5.56 Å². The Labute approximate surface area is 101 Å². The predicted octanol–water partition coefficient (Wildman–Crippen LogP) is 2.08. The average molecular weight is 276 g/mol. The molecular formula is C10H10FO6P. The largest absolute Gasteiger partial charge is 0.500 e. The fourth-order valence-corrected chi connectivity index (χ4v) is 1.27. The third-order valence-electron chi connectivity index (χ3n) is 1.95. The molecule has 6 nitrogen and oxygen atoms in total. The first-order valence-corrected chi connectivity index (χ1v) is 6.22. The Bertz CT molecular complexity index is 632. The molecule has 0 fully saturated rings. The number of hydrogen-bond donors (Lipinski definition) is 2. The fraction of sp³-hybridized carbons (Fsp3) is 0.100. The zero-order valence-corrected chi connectivity index (χ0v) is 10.1. The van der Waals surface area contributed by atoms with Gasteiger partial charge in [-0.25, -0.2) is 9.36 Å². The molecule has 2 N–H and O–H groups in total. The van der Waals surface area contributed by atoms with E-state index >= 15 is 0 Å². The van der Waals surface area contributed by atoms with Gasteiger partial charge in [0.2, 0.25) is 0 Å². The molecule has 1 aromatic carbocycles. The number of phosphoric acid groups is 1. The summed E-state index contributed by atoms with van der Waals surface area (Å²) in [5.41, 5.74) is 1.33. The van der Waals surface area contributed by atoms with Gasteiger partial charge in [0.25, 0.3) is 0 Å². The molecule has 0 aliphatic heterocycles. The van der Waals surface area contributed by atoms with Gasteiger partial charge in [0.1, 0.15) is 5.58 Å². The third kappa shape index (κ3) is 4.38. The monoisotopic (exact) mass is 276 g/mol. The maximum absolute atomic E-state index is 10.9. The zero-order valence-electron chi connectivity index (χ0n) is 9.24. The van der Waals surface area contributed by atoms with Gasteiger partial charge in [0, 0.05) is 11.5 Å². The van der Waals surface area contributed by atoms with Crippen LogP contribution in [0.4, 0.5) is 4.53 Å². The van der Waals surface area contributed by atoms with Crippen molar-refractivity contribution in [1.82, 2.24) is 0 Å². The Kier molecular flexibility index (Phi) is 4.75. The van der Waals surface area contributed by atoms with Crippen molar-refractivity contribution in [3.8, 4) is 0 Å². The molecular weight excluding hydrogens is 266 g/mol. The molecule has 0 saturated heterocycles. The van der Waals surface area contributed by atoms with E-state index in [4.69, 9.17) is 18.8 Å². The average Bonchev–Trinajstić information content (AvgIpc) is 2.28. The van der Waals surface area contributed by atoms with Crippen molar-refractivity contribution in [2.24, 2.45) is 0 Å². The number of hydrogen-bond acceptors (Lipinski definition) is 4. The molecule has 1 aromatic heterocycles. The van der Waals surface area contributed by atoms with Crippen LogP contribution in [0.5, 0.6) is 0 Å². The van der Waals surface area contributed by atoms with E-state index in [1.165, 1.54) is 6.07 Å². The molecule has 0 amide bonds. The first-order valence-electron chi connectivity index (χ1n) is 4.69. The first kappa shape index (κ1) is 14.5. The lowest BCUT2D eigenvalue weighted by Crippen LogP contribution is -1.97. The molecule has 0 saturated carbocycles. The Balaban J connectivity index is 0.000000232. The van der Waals surface area contributed by atoms with Crippen LogP contribution in [0.3, 0.4) is 0 Å². The fourth-order valence-electron chi connectivity index (χ4n) is 1.27. The van der Waals surface area contributed by atoms with Crippen LogP contribution in [0.2, 0.25) is 0 Å². The summed E-state index contributed by atoms with van der Waals surface area (Å²) in [7, 11) is -4.81. The highest BCUT2D eigenvalue weighted by molar-refractivity contribution is 7.46. The second kappa shape index (κ2) is 5.88. The van der Waals surface area contributed by atoms with Crippen molar-refractivity contribution in [1.29, 1.82) is 0 Å². The van der Waals surface area contributed by atoms with Crippen molar-refractivity contribution < 1.29 is 28.0 Å². The van der Waals surface area contributed by atoms with Gasteiger partial charge in [0.15, 0.2) is 0 Å². The van der Waals surface area contributed by atoms with E-state index in [0.717, 1.165) is 10.9 Å². The summed E-state index contributed by atoms with van der Waals surface area (Å²) in [5.74, 6) is 0. The SMILES string of the molecule is Cc1cc(=O)oc2ccccc12.O=P(O)(O)OF. The maximum Gasteiger partial charge on any atom is 0.500 e. The zero-order chi connectivity index (χ0) is 13.8. The standard InChI is InChI=1S/C10H8O2.FH2O4P/c1-7-6-10(11)12-9-5-3-2-4-8(7)9;1-5-6(2,3)4/h2-6H,1H3;(H2,2,3,4). The molecule has 0 spiro atoms. The van der Waals surface area contributed by atoms with Crippen molar-refractivity contribution in [2.45, 2.75) is 6.92 Å². The van der Waals surface area contributed by atoms with Crippen LogP contribution >= 0.6 is 7.82 Å². The molecule has 1 heterocycles. The number of para-hydroxylation sites is 1. The summed E-state index contributed by atoms with van der Waals surface area (Å²) in [4.78, 5) is 25.6. The van der Waals surface area contributed by atoms with Gasteiger partial charge >= 0.3 is 13.4 Å². The van der Waals surface area contributed by atoms with E-state index in [-0.39, 0.29) is 5.63 Å². The lowest BCUT2D eigenvalue weighted by molar-refractivity contribution is -0.0389. The van der Waals surface area contributed by atoms with Crippen molar-refractivity contribution in [2.75, 3.05) is 0 Å². The van der Waals surface area contributed by atoms with Crippen molar-refractivity contribution >= 4 is 18.8 Å². The Morgan fingerprint density at radius 2 is 1.89 bits per heavy atom. The third-order valence-corrected chi connectivity index (χ3v) is 2.13. The summed E-state index contributed by atoms with van der Waals surface area (Å²) in [6.45, 7) is 1.90. The summed E-state index contributed by atoms with van der Waals surface area (Å²) < 4.78 is 26.4. The normalized spacial score (nSPS) is 10.9. The second-order valence-electron chi connectivity index (χ2n) is 3.30. The molecule has 0 aliphatic carbocycles. The van der Waals surface area contributed by atoms with Gasteiger partial charge < -0.3 is 14.2 Å². The summed E-state index contributed by atoms with van der Waals surface area (Å²) in [5, 5.41) is 0.997. The van der Waals surface area contributed by atoms with E-state index in [0.29, 0.717) is 5.58 Å². The van der Waals surface area contributed by atoms with Crippen LogP contribution < -0.4 is 5.63 Å². The Morgan fingerprint density at radius 3 is 2.44 bits per heavy atom. The minimum atomic E-state index is -4.81. The minimum absolute atomic E-state index is 0.286. The second-order valence-corrected chi connectivity index (χ2v) is 4.42. The lowest BCUT2D eigenvalue weighted by atomic mass is 10.1. The molecule has 0 atom stereocenters. The van der Waals surface area contributed by atoms with E-state index in [2.05, 4.69) is 4.73 Å². The van der Waals surface area contributed by atoms with Gasteiger partial charge in [0.05, 0.1) is 0 Å². The molecule has 2 rings (SSSR count). The predicted molar refractivity (Wildman–Crippen MR) is 61.5 cm³/mol. The number of fused-ring (bicyclic) bond motifs is 1. The van der Waals surface area contributed by atoms with E-state index in [9.17, 15) is 9.32 Å². The topological polar surface area (TPSA) is 97.0 Å². The van der Waals surface area contributed by atoms with Gasteiger partial charge in [-0.1, -0.05) is 22.9 Å². The van der Waals surface area contributed by atoms with Crippen LogP contribution in [-0.2, 0) is 9.29 Å². The molecule has 0 radical (unpaired) electrons. The molecule has 18 heavy (non-hydrogen) atoms. The van der Waals surface area contributed by atoms with Crippen molar-refractivity contribution in [3.05, 3.63) is 46.3 Å². The molecule has 2 aromatic rings. The quantitative estimate of drug-likeness (QED) is 0.611. The van der Waals surface area contributed by atoms with Gasteiger partial charge in [-0.05, 0) is 23.1 Å². The highest BCUT2D eigenvalue weighted by atomic mass is 31.2. The lowest BCUT2D eigenvalue weighted by Gasteiger charge is -1.97. The summed E-state index contributed by atoms with van der Waals surface area (Å²) >= 11 is 0. The summed E-state index contributed by atoms with van der Waals surface area (Å²) in [6.07, 6.45) is 0. The minimum Gasteiger partial charge on any atom is -0.423 e. The molecule has 8 heteroatoms. The van der Waals surface area contributed by atoms with E-state index in [1.54, 1.807) is 6.07 Å². The van der Waals surface area contributed by atoms with Crippen LogP contribution in [0.25, 0.3) is 11.0 Å². The van der Waals surface area contributed by atoms with E-state index < -0.39 is 7.82 Å². The maximum atomic E-state index is 10.9. The van der Waals surface area contributed by atoms with Crippen LogP contribution in [0, 0.1) is 6.92 Å². The molecule has 0 aliphatic rings. The number of rotatable bonds is 1. The molecule has 0 unspecified atom stereocenters. The number of halogens is 1. The molecule has 0 bridgehead atoms. The Morgan fingerprint density at radius 1 is 1.33 bits per heavy atom. The molecule has 98 valence electrons. The van der Waals surface area contributed by atoms with Crippen molar-refractivity contribution in [3.63, 3.8) is 0 Å². The van der Waals surface area contributed by atoms with E-state index in [1.807, 2.05) is 25.1 Å². The van der Waals surface area contributed by atoms with Gasteiger partial charge in [-0.15, -0.1) is 0 Å².